The van der Waals surface area contributed by atoms with Crippen molar-refractivity contribution in [1.82, 2.24) is 25.9 Å². The van der Waals surface area contributed by atoms with Gasteiger partial charge in [-0.25, -0.2) is 9.59 Å². The maximum Gasteiger partial charge on any atom is 0.408 e. The second-order valence-corrected chi connectivity index (χ2v) is 17.5. The van der Waals surface area contributed by atoms with Crippen molar-refractivity contribution in [3.05, 3.63) is 179 Å². The van der Waals surface area contributed by atoms with E-state index in [0.717, 1.165) is 60.9 Å². The zero-order valence-electron chi connectivity index (χ0n) is 37.4. The molecule has 4 amide bonds. The van der Waals surface area contributed by atoms with Crippen LogP contribution in [0.1, 0.15) is 108 Å². The third-order valence-corrected chi connectivity index (χ3v) is 12.9. The first kappa shape index (κ1) is 48.3. The normalized spacial score (nSPS) is 16.8. The van der Waals surface area contributed by atoms with E-state index in [1.165, 1.54) is 0 Å². The predicted molar refractivity (Wildman–Crippen MR) is 265 cm³/mol. The molecule has 2 fully saturated rings. The van der Waals surface area contributed by atoms with E-state index in [9.17, 15) is 19.2 Å². The number of aromatic nitrogens is 2. The third-order valence-electron chi connectivity index (χ3n) is 12.1. The van der Waals surface area contributed by atoms with E-state index in [1.54, 1.807) is 67.1 Å². The molecule has 15 heteroatoms. The van der Waals surface area contributed by atoms with Crippen LogP contribution in [0.2, 0.25) is 0 Å². The molecule has 0 spiro atoms. The molecule has 346 valence electrons. The fraction of sp³-hybridized carbons (Fsp3) is 0.269. The van der Waals surface area contributed by atoms with Gasteiger partial charge >= 0.3 is 12.2 Å². The van der Waals surface area contributed by atoms with E-state index in [1.807, 2.05) is 92.8 Å². The molecule has 1 aliphatic heterocycles. The van der Waals surface area contributed by atoms with Crippen LogP contribution < -0.4 is 26.6 Å². The van der Waals surface area contributed by atoms with Crippen molar-refractivity contribution in [3.63, 3.8) is 0 Å². The number of thiol groups is 2. The van der Waals surface area contributed by atoms with Gasteiger partial charge in [0.05, 0.1) is 22.5 Å². The lowest BCUT2D eigenvalue weighted by atomic mass is 9.89. The van der Waals surface area contributed by atoms with E-state index in [-0.39, 0.29) is 11.8 Å². The third kappa shape index (κ3) is 12.4. The van der Waals surface area contributed by atoms with Crippen molar-refractivity contribution < 1.29 is 28.7 Å². The average Bonchev–Trinajstić information content (AvgIpc) is 4.04. The molecule has 8 rings (SSSR count). The number of carbonyl (C=O) groups excluding carboxylic acids is 4. The van der Waals surface area contributed by atoms with Gasteiger partial charge in [0, 0.05) is 52.3 Å². The molecule has 0 bridgehead atoms. The number of alkyl carbamates (subject to hydrolysis) is 2. The van der Waals surface area contributed by atoms with Gasteiger partial charge in [-0.2, -0.15) is 0 Å². The van der Waals surface area contributed by atoms with Crippen LogP contribution in [0.4, 0.5) is 21.0 Å². The van der Waals surface area contributed by atoms with Crippen LogP contribution in [-0.4, -0.2) is 47.1 Å². The summed E-state index contributed by atoms with van der Waals surface area (Å²) >= 11 is 8.72. The summed E-state index contributed by atoms with van der Waals surface area (Å²) in [6.07, 6.45) is 10.4. The van der Waals surface area contributed by atoms with Crippen molar-refractivity contribution in [3.8, 4) is 0 Å². The number of para-hydroxylation sites is 2. The van der Waals surface area contributed by atoms with Crippen LogP contribution in [0.3, 0.4) is 0 Å². The molecule has 1 saturated carbocycles. The van der Waals surface area contributed by atoms with Gasteiger partial charge in [0.2, 0.25) is 0 Å². The number of nitrogens with zero attached hydrogens (tertiary/aromatic N) is 2. The number of nitrogens with one attached hydrogen (secondary N) is 5. The summed E-state index contributed by atoms with van der Waals surface area (Å²) in [4.78, 5) is 60.6. The summed E-state index contributed by atoms with van der Waals surface area (Å²) in [5.74, 6) is -0.457. The average molecular weight is 938 g/mol. The SMILES string of the molecule is CC[C@H](OC(=O)N[C@@]1(c2cccnc2)CCNC1)c1ccc(C(=O)Nc2ccccc2S)cc1.C[C@H](OC(=O)NC1(c2cccnc2)CCCC1)c1ccc(C(=O)Nc2ccccc2S)cc1. The Morgan fingerprint density at radius 3 is 1.60 bits per heavy atom. The predicted octanol–water partition coefficient (Wildman–Crippen LogP) is 10.6. The van der Waals surface area contributed by atoms with E-state index in [2.05, 4.69) is 61.8 Å². The molecular formula is C52H55N7O6S2. The van der Waals surface area contributed by atoms with E-state index < -0.39 is 35.5 Å². The van der Waals surface area contributed by atoms with Gasteiger partial charge in [0.15, 0.2) is 0 Å². The number of rotatable bonds is 13. The number of hydrogen-bond acceptors (Lipinski definition) is 11. The summed E-state index contributed by atoms with van der Waals surface area (Å²) in [6.45, 7) is 5.19. The number of ether oxygens (including phenoxy) is 2. The molecule has 1 aliphatic carbocycles. The van der Waals surface area contributed by atoms with E-state index in [0.29, 0.717) is 45.3 Å². The standard InChI is InChI=1S/C26H28N4O3S.C26H27N3O3S/c1-2-22(33-25(32)30-26(13-15-28-17-26)20-6-5-14-27-16-20)18-9-11-19(12-10-18)24(31)29-21-7-3-4-8-23(21)34;1-18(32-25(31)29-26(14-4-5-15-26)21-7-6-16-27-17-21)19-10-12-20(13-11-19)24(30)28-22-8-2-3-9-23(22)33/h3-12,14,16,22,28,34H,2,13,15,17H2,1H3,(H,29,31)(H,30,32);2-3,6-13,16-18,33H,4-5,14-15H2,1H3,(H,28,30)(H,29,31)/t22-,26-;18-/m00/s1. The summed E-state index contributed by atoms with van der Waals surface area (Å²) in [5.41, 5.74) is 4.91. The molecule has 0 unspecified atom stereocenters. The summed E-state index contributed by atoms with van der Waals surface area (Å²) < 4.78 is 11.5. The summed E-state index contributed by atoms with van der Waals surface area (Å²) in [7, 11) is 0. The van der Waals surface area contributed by atoms with Crippen molar-refractivity contribution in [2.75, 3.05) is 23.7 Å². The van der Waals surface area contributed by atoms with E-state index in [4.69, 9.17) is 9.47 Å². The van der Waals surface area contributed by atoms with Gasteiger partial charge in [-0.1, -0.05) is 80.4 Å². The minimum absolute atomic E-state index is 0.228. The van der Waals surface area contributed by atoms with Crippen molar-refractivity contribution in [1.29, 1.82) is 0 Å². The fourth-order valence-corrected chi connectivity index (χ4v) is 8.80. The second-order valence-electron chi connectivity index (χ2n) is 16.6. The zero-order chi connectivity index (χ0) is 47.2. The Balaban J connectivity index is 0.000000199. The van der Waals surface area contributed by atoms with Crippen molar-refractivity contribution in [2.45, 2.75) is 85.4 Å². The molecule has 5 N–H and O–H groups in total. The van der Waals surface area contributed by atoms with Crippen LogP contribution in [0, 0.1) is 0 Å². The van der Waals surface area contributed by atoms with Crippen LogP contribution in [0.25, 0.3) is 0 Å². The Morgan fingerprint density at radius 2 is 1.12 bits per heavy atom. The molecule has 3 atom stereocenters. The molecular weight excluding hydrogens is 883 g/mol. The van der Waals surface area contributed by atoms with Gasteiger partial charge in [-0.3, -0.25) is 19.6 Å². The maximum atomic E-state index is 12.9. The highest BCUT2D eigenvalue weighted by atomic mass is 32.1. The van der Waals surface area contributed by atoms with Gasteiger partial charge in [-0.05, 0) is 122 Å². The van der Waals surface area contributed by atoms with Crippen molar-refractivity contribution in [2.24, 2.45) is 0 Å². The van der Waals surface area contributed by atoms with Crippen LogP contribution in [0.15, 0.2) is 156 Å². The number of pyridine rings is 2. The van der Waals surface area contributed by atoms with Gasteiger partial charge < -0.3 is 36.1 Å². The van der Waals surface area contributed by atoms with Crippen LogP contribution in [0.5, 0.6) is 0 Å². The molecule has 13 nitrogen and oxygen atoms in total. The van der Waals surface area contributed by atoms with Gasteiger partial charge in [-0.15, -0.1) is 25.3 Å². The number of benzene rings is 4. The first-order valence-corrected chi connectivity index (χ1v) is 23.2. The highest BCUT2D eigenvalue weighted by Gasteiger charge is 2.39. The lowest BCUT2D eigenvalue weighted by molar-refractivity contribution is 0.0859. The Labute approximate surface area is 402 Å². The Bertz CT molecular complexity index is 2610. The molecule has 4 aromatic carbocycles. The molecule has 0 radical (unpaired) electrons. The van der Waals surface area contributed by atoms with Crippen molar-refractivity contribution >= 4 is 60.6 Å². The Hall–Kier alpha value is -6.68. The summed E-state index contributed by atoms with van der Waals surface area (Å²) in [6, 6.07) is 36.5. The van der Waals surface area contributed by atoms with Gasteiger partial charge in [0.1, 0.15) is 12.2 Å². The largest absolute Gasteiger partial charge is 0.442 e. The highest BCUT2D eigenvalue weighted by Crippen LogP contribution is 2.39. The minimum Gasteiger partial charge on any atom is -0.442 e. The minimum atomic E-state index is -0.547. The molecule has 6 aromatic rings. The van der Waals surface area contributed by atoms with Crippen LogP contribution >= 0.6 is 25.3 Å². The van der Waals surface area contributed by atoms with Gasteiger partial charge in [0.25, 0.3) is 11.8 Å². The number of anilines is 2. The molecule has 3 heterocycles. The Kier molecular flexibility index (Phi) is 16.3. The number of hydrogen-bond donors (Lipinski definition) is 7. The monoisotopic (exact) mass is 937 g/mol. The topological polar surface area (TPSA) is 173 Å². The molecule has 67 heavy (non-hydrogen) atoms. The first-order valence-electron chi connectivity index (χ1n) is 22.4. The summed E-state index contributed by atoms with van der Waals surface area (Å²) in [5, 5.41) is 15.2. The molecule has 2 aliphatic rings. The maximum absolute atomic E-state index is 12.9. The highest BCUT2D eigenvalue weighted by molar-refractivity contribution is 7.80. The fourth-order valence-electron chi connectivity index (χ4n) is 8.37. The molecule has 1 saturated heterocycles. The van der Waals surface area contributed by atoms with Crippen LogP contribution in [-0.2, 0) is 20.6 Å². The quantitative estimate of drug-likeness (QED) is 0.0557. The number of amides is 4. The zero-order valence-corrected chi connectivity index (χ0v) is 39.2. The second kappa shape index (κ2) is 22.7. The Morgan fingerprint density at radius 1 is 0.627 bits per heavy atom. The smallest absolute Gasteiger partial charge is 0.408 e. The lowest BCUT2D eigenvalue weighted by Crippen LogP contribution is -2.48. The lowest BCUT2D eigenvalue weighted by Gasteiger charge is -2.30. The first-order chi connectivity index (χ1) is 32.5. The number of carbonyl (C=O) groups is 4. The van der Waals surface area contributed by atoms with E-state index >= 15 is 0 Å². The molecule has 2 aromatic heterocycles.